The maximum absolute atomic E-state index is 12.0. The van der Waals surface area contributed by atoms with Crippen molar-refractivity contribution in [3.05, 3.63) is 51.7 Å². The number of amides is 2. The first-order valence-corrected chi connectivity index (χ1v) is 8.55. The van der Waals surface area contributed by atoms with Crippen LogP contribution in [-0.2, 0) is 4.79 Å². The molecule has 1 heterocycles. The molecule has 0 saturated carbocycles. The standard InChI is InChI=1S/C18H22N2O3S/c1-13-4-7-15(8-5-13)23-11-10-20(3)17(21)12-19-18(22)16-9-6-14(2)24-16/h4-9H,10-12H2,1-3H3,(H,19,22). The molecule has 0 aliphatic heterocycles. The Morgan fingerprint density at radius 2 is 1.83 bits per heavy atom. The van der Waals surface area contributed by atoms with E-state index in [0.29, 0.717) is 18.0 Å². The van der Waals surface area contributed by atoms with Crippen LogP contribution >= 0.6 is 11.3 Å². The van der Waals surface area contributed by atoms with Crippen LogP contribution in [0.25, 0.3) is 0 Å². The first-order chi connectivity index (χ1) is 11.5. The molecule has 2 amide bonds. The second-order valence-electron chi connectivity index (χ2n) is 5.57. The van der Waals surface area contributed by atoms with Crippen molar-refractivity contribution < 1.29 is 14.3 Å². The number of nitrogens with zero attached hydrogens (tertiary/aromatic N) is 1. The molecule has 0 radical (unpaired) electrons. The minimum atomic E-state index is -0.217. The lowest BCUT2D eigenvalue weighted by Crippen LogP contribution is -2.39. The number of thiophene rings is 1. The molecule has 1 aromatic heterocycles. The molecule has 0 spiro atoms. The number of rotatable bonds is 7. The Kier molecular flexibility index (Phi) is 6.37. The van der Waals surface area contributed by atoms with Crippen molar-refractivity contribution in [3.8, 4) is 5.75 Å². The van der Waals surface area contributed by atoms with E-state index >= 15 is 0 Å². The van der Waals surface area contributed by atoms with Gasteiger partial charge in [-0.25, -0.2) is 0 Å². The third-order valence-corrected chi connectivity index (χ3v) is 4.51. The molecule has 0 aliphatic rings. The predicted molar refractivity (Wildman–Crippen MR) is 95.7 cm³/mol. The van der Waals surface area contributed by atoms with Gasteiger partial charge in [-0.05, 0) is 38.1 Å². The molecule has 0 saturated heterocycles. The van der Waals surface area contributed by atoms with Gasteiger partial charge in [0.1, 0.15) is 12.4 Å². The Bertz CT molecular complexity index is 695. The average Bonchev–Trinajstić information content (AvgIpc) is 3.00. The van der Waals surface area contributed by atoms with Crippen LogP contribution in [0.2, 0.25) is 0 Å². The number of hydrogen-bond acceptors (Lipinski definition) is 4. The summed E-state index contributed by atoms with van der Waals surface area (Å²) in [5, 5.41) is 2.65. The van der Waals surface area contributed by atoms with Gasteiger partial charge in [-0.2, -0.15) is 0 Å². The quantitative estimate of drug-likeness (QED) is 0.838. The van der Waals surface area contributed by atoms with Gasteiger partial charge in [0.2, 0.25) is 5.91 Å². The highest BCUT2D eigenvalue weighted by Crippen LogP contribution is 2.14. The molecule has 5 nitrogen and oxygen atoms in total. The molecule has 1 N–H and O–H groups in total. The number of nitrogens with one attached hydrogen (secondary N) is 1. The second kappa shape index (κ2) is 8.49. The SMILES string of the molecule is Cc1ccc(OCCN(C)C(=O)CNC(=O)c2ccc(C)s2)cc1. The number of carbonyl (C=O) groups excluding carboxylic acids is 2. The van der Waals surface area contributed by atoms with E-state index in [1.807, 2.05) is 44.2 Å². The van der Waals surface area contributed by atoms with Crippen molar-refractivity contribution in [2.45, 2.75) is 13.8 Å². The fourth-order valence-electron chi connectivity index (χ4n) is 1.99. The minimum absolute atomic E-state index is 0.0171. The molecule has 2 aromatic rings. The van der Waals surface area contributed by atoms with E-state index in [1.165, 1.54) is 16.9 Å². The van der Waals surface area contributed by atoms with Gasteiger partial charge in [-0.15, -0.1) is 11.3 Å². The summed E-state index contributed by atoms with van der Waals surface area (Å²) in [5.41, 5.74) is 1.17. The minimum Gasteiger partial charge on any atom is -0.492 e. The normalized spacial score (nSPS) is 10.3. The summed E-state index contributed by atoms with van der Waals surface area (Å²) >= 11 is 1.41. The molecule has 0 aliphatic carbocycles. The van der Waals surface area contributed by atoms with Crippen molar-refractivity contribution in [1.82, 2.24) is 10.2 Å². The van der Waals surface area contributed by atoms with Crippen molar-refractivity contribution in [1.29, 1.82) is 0 Å². The van der Waals surface area contributed by atoms with Gasteiger partial charge < -0.3 is 15.0 Å². The first-order valence-electron chi connectivity index (χ1n) is 7.74. The van der Waals surface area contributed by atoms with E-state index in [4.69, 9.17) is 4.74 Å². The lowest BCUT2D eigenvalue weighted by Gasteiger charge is -2.17. The van der Waals surface area contributed by atoms with Crippen molar-refractivity contribution >= 4 is 23.2 Å². The van der Waals surface area contributed by atoms with Gasteiger partial charge in [0, 0.05) is 11.9 Å². The molecule has 0 unspecified atom stereocenters. The fraction of sp³-hybridized carbons (Fsp3) is 0.333. The Morgan fingerprint density at radius 1 is 1.12 bits per heavy atom. The molecule has 2 rings (SSSR count). The highest BCUT2D eigenvalue weighted by molar-refractivity contribution is 7.13. The highest BCUT2D eigenvalue weighted by Gasteiger charge is 2.12. The molecule has 0 bridgehead atoms. The van der Waals surface area contributed by atoms with E-state index in [0.717, 1.165) is 10.6 Å². The number of carbonyl (C=O) groups is 2. The van der Waals surface area contributed by atoms with E-state index in [-0.39, 0.29) is 18.4 Å². The molecule has 0 fully saturated rings. The number of benzene rings is 1. The maximum Gasteiger partial charge on any atom is 0.261 e. The smallest absolute Gasteiger partial charge is 0.261 e. The van der Waals surface area contributed by atoms with Crippen LogP contribution in [0.3, 0.4) is 0 Å². The molecule has 6 heteroatoms. The number of ether oxygens (including phenoxy) is 1. The van der Waals surface area contributed by atoms with Crippen LogP contribution in [0.15, 0.2) is 36.4 Å². The number of hydrogen-bond donors (Lipinski definition) is 1. The average molecular weight is 346 g/mol. The van der Waals surface area contributed by atoms with Crippen LogP contribution in [0, 0.1) is 13.8 Å². The van der Waals surface area contributed by atoms with Crippen molar-refractivity contribution in [2.24, 2.45) is 0 Å². The summed E-state index contributed by atoms with van der Waals surface area (Å²) in [6.07, 6.45) is 0. The van der Waals surface area contributed by atoms with Crippen LogP contribution in [0.4, 0.5) is 0 Å². The molecule has 0 atom stereocenters. The molecular formula is C18H22N2O3S. The van der Waals surface area contributed by atoms with Gasteiger partial charge >= 0.3 is 0 Å². The van der Waals surface area contributed by atoms with Gasteiger partial charge in [0.25, 0.3) is 5.91 Å². The zero-order chi connectivity index (χ0) is 17.5. The zero-order valence-electron chi connectivity index (χ0n) is 14.2. The number of aryl methyl sites for hydroxylation is 2. The third kappa shape index (κ3) is 5.38. The lowest BCUT2D eigenvalue weighted by molar-refractivity contribution is -0.129. The predicted octanol–water partition coefficient (Wildman–Crippen LogP) is 2.63. The first kappa shape index (κ1) is 18.0. The Morgan fingerprint density at radius 3 is 2.46 bits per heavy atom. The van der Waals surface area contributed by atoms with Crippen LogP contribution in [-0.4, -0.2) is 43.5 Å². The van der Waals surface area contributed by atoms with Crippen molar-refractivity contribution in [2.75, 3.05) is 26.7 Å². The van der Waals surface area contributed by atoms with Gasteiger partial charge in [0.15, 0.2) is 0 Å². The van der Waals surface area contributed by atoms with Gasteiger partial charge in [-0.3, -0.25) is 9.59 Å². The van der Waals surface area contributed by atoms with E-state index < -0.39 is 0 Å². The van der Waals surface area contributed by atoms with E-state index in [2.05, 4.69) is 5.32 Å². The summed E-state index contributed by atoms with van der Waals surface area (Å²) < 4.78 is 5.60. The molecular weight excluding hydrogens is 324 g/mol. The molecule has 128 valence electrons. The largest absolute Gasteiger partial charge is 0.492 e. The molecule has 24 heavy (non-hydrogen) atoms. The van der Waals surface area contributed by atoms with E-state index in [9.17, 15) is 9.59 Å². The van der Waals surface area contributed by atoms with Gasteiger partial charge in [-0.1, -0.05) is 17.7 Å². The highest BCUT2D eigenvalue weighted by atomic mass is 32.1. The summed E-state index contributed by atoms with van der Waals surface area (Å²) in [6.45, 7) is 4.80. The monoisotopic (exact) mass is 346 g/mol. The summed E-state index contributed by atoms with van der Waals surface area (Å²) in [7, 11) is 1.70. The topological polar surface area (TPSA) is 58.6 Å². The Hall–Kier alpha value is -2.34. The number of likely N-dealkylation sites (N-methyl/N-ethyl adjacent to an activating group) is 1. The molecule has 1 aromatic carbocycles. The van der Waals surface area contributed by atoms with Crippen LogP contribution in [0.1, 0.15) is 20.1 Å². The van der Waals surface area contributed by atoms with Crippen molar-refractivity contribution in [3.63, 3.8) is 0 Å². The summed E-state index contributed by atoms with van der Waals surface area (Å²) in [5.74, 6) is 0.415. The van der Waals surface area contributed by atoms with Crippen LogP contribution in [0.5, 0.6) is 5.75 Å². The van der Waals surface area contributed by atoms with Gasteiger partial charge in [0.05, 0.1) is 18.0 Å². The summed E-state index contributed by atoms with van der Waals surface area (Å²) in [4.78, 5) is 27.2. The fourth-order valence-corrected chi connectivity index (χ4v) is 2.78. The van der Waals surface area contributed by atoms with E-state index in [1.54, 1.807) is 18.0 Å². The lowest BCUT2D eigenvalue weighted by atomic mass is 10.2. The third-order valence-electron chi connectivity index (χ3n) is 3.51. The second-order valence-corrected chi connectivity index (χ2v) is 6.86. The summed E-state index contributed by atoms with van der Waals surface area (Å²) in [6, 6.07) is 11.4. The zero-order valence-corrected chi connectivity index (χ0v) is 15.0. The Labute approximate surface area is 146 Å². The Balaban J connectivity index is 1.70. The maximum atomic E-state index is 12.0. The van der Waals surface area contributed by atoms with Crippen LogP contribution < -0.4 is 10.1 Å².